The zero-order chi connectivity index (χ0) is 16.1. The Morgan fingerprint density at radius 1 is 0.913 bits per heavy atom. The number of piperazine rings is 1. The first-order chi connectivity index (χ1) is 11.2. The molecule has 1 aliphatic rings. The van der Waals surface area contributed by atoms with Gasteiger partial charge in [0, 0.05) is 23.8 Å². The summed E-state index contributed by atoms with van der Waals surface area (Å²) in [4.78, 5) is 2.31. The Kier molecular flexibility index (Phi) is 4.74. The van der Waals surface area contributed by atoms with Crippen LogP contribution >= 0.6 is 11.6 Å². The minimum Gasteiger partial charge on any atom is -0.368 e. The summed E-state index contributed by atoms with van der Waals surface area (Å²) in [5.74, 6) is 0. The Morgan fingerprint density at radius 2 is 1.57 bits per heavy atom. The van der Waals surface area contributed by atoms with Gasteiger partial charge in [-0.25, -0.2) is 0 Å². The molecule has 116 valence electrons. The molecule has 23 heavy (non-hydrogen) atoms. The highest BCUT2D eigenvalue weighted by Gasteiger charge is 2.16. The van der Waals surface area contributed by atoms with E-state index in [4.69, 9.17) is 16.9 Å². The van der Waals surface area contributed by atoms with Crippen molar-refractivity contribution in [3.05, 3.63) is 59.1 Å². The molecule has 0 N–H and O–H groups in total. The van der Waals surface area contributed by atoms with Crippen LogP contribution in [-0.4, -0.2) is 31.2 Å². The van der Waals surface area contributed by atoms with Crippen LogP contribution in [0, 0.1) is 11.3 Å². The van der Waals surface area contributed by atoms with E-state index in [1.807, 2.05) is 29.3 Å². The van der Waals surface area contributed by atoms with Gasteiger partial charge in [0.05, 0.1) is 30.4 Å². The number of rotatable bonds is 3. The van der Waals surface area contributed by atoms with Gasteiger partial charge >= 0.3 is 0 Å². The Labute approximate surface area is 140 Å². The summed E-state index contributed by atoms with van der Waals surface area (Å²) in [5.41, 5.74) is 2.56. The van der Waals surface area contributed by atoms with Crippen molar-refractivity contribution in [2.75, 3.05) is 31.1 Å². The maximum absolute atomic E-state index is 8.77. The lowest BCUT2D eigenvalue weighted by atomic mass is 10.2. The Hall–Kier alpha value is -2.58. The molecule has 1 aliphatic heterocycles. The average molecular weight is 326 g/mol. The third-order valence-corrected chi connectivity index (χ3v) is 3.98. The Morgan fingerprint density at radius 3 is 2.17 bits per heavy atom. The third-order valence-electron chi connectivity index (χ3n) is 3.73. The number of hydrogen-bond donors (Lipinski definition) is 0. The molecule has 1 saturated heterocycles. The zero-order valence-corrected chi connectivity index (χ0v) is 13.3. The molecule has 6 heteroatoms. The van der Waals surface area contributed by atoms with Crippen LogP contribution in [0.2, 0.25) is 5.02 Å². The van der Waals surface area contributed by atoms with E-state index in [0.29, 0.717) is 5.56 Å². The van der Waals surface area contributed by atoms with E-state index in [1.165, 1.54) is 5.69 Å². The summed E-state index contributed by atoms with van der Waals surface area (Å²) in [7, 11) is 0. The minimum atomic E-state index is 0.625. The predicted octanol–water partition coefficient (Wildman–Crippen LogP) is 4.03. The summed E-state index contributed by atoms with van der Waals surface area (Å²) >= 11 is 5.92. The number of nitriles is 1. The van der Waals surface area contributed by atoms with Crippen LogP contribution in [-0.2, 0) is 0 Å². The lowest BCUT2D eigenvalue weighted by Gasteiger charge is -2.33. The number of nitrogens with zero attached hydrogens (tertiary/aromatic N) is 5. The van der Waals surface area contributed by atoms with Gasteiger partial charge in [-0.2, -0.15) is 5.26 Å². The number of halogens is 1. The van der Waals surface area contributed by atoms with Crippen LogP contribution in [0.25, 0.3) is 0 Å². The van der Waals surface area contributed by atoms with Gasteiger partial charge in [-0.05, 0) is 48.5 Å². The highest BCUT2D eigenvalue weighted by Crippen LogP contribution is 2.20. The van der Waals surface area contributed by atoms with Gasteiger partial charge in [-0.1, -0.05) is 16.8 Å². The first-order valence-corrected chi connectivity index (χ1v) is 7.80. The number of hydrogen-bond acceptors (Lipinski definition) is 4. The zero-order valence-electron chi connectivity index (χ0n) is 12.6. The second-order valence-corrected chi connectivity index (χ2v) is 5.70. The van der Waals surface area contributed by atoms with E-state index >= 15 is 0 Å². The molecule has 0 amide bonds. The minimum absolute atomic E-state index is 0.625. The molecule has 5 nitrogen and oxygen atoms in total. The second-order valence-electron chi connectivity index (χ2n) is 5.27. The van der Waals surface area contributed by atoms with Crippen molar-refractivity contribution in [2.45, 2.75) is 0 Å². The highest BCUT2D eigenvalue weighted by molar-refractivity contribution is 6.30. The van der Waals surface area contributed by atoms with Crippen molar-refractivity contribution < 1.29 is 0 Å². The highest BCUT2D eigenvalue weighted by atomic mass is 35.5. The molecular weight excluding hydrogens is 310 g/mol. The smallest absolute Gasteiger partial charge is 0.0991 e. The largest absolute Gasteiger partial charge is 0.368 e. The molecule has 3 rings (SSSR count). The Bertz CT molecular complexity index is 710. The van der Waals surface area contributed by atoms with Crippen molar-refractivity contribution in [1.29, 1.82) is 5.26 Å². The van der Waals surface area contributed by atoms with Crippen LogP contribution in [0.4, 0.5) is 11.4 Å². The maximum Gasteiger partial charge on any atom is 0.0991 e. The van der Waals surface area contributed by atoms with E-state index in [-0.39, 0.29) is 0 Å². The van der Waals surface area contributed by atoms with Crippen molar-refractivity contribution in [2.24, 2.45) is 10.3 Å². The van der Waals surface area contributed by atoms with E-state index in [2.05, 4.69) is 21.3 Å². The molecule has 2 aromatic carbocycles. The summed E-state index contributed by atoms with van der Waals surface area (Å²) in [6.07, 6.45) is 0. The fraction of sp³-hybridized carbons (Fsp3) is 0.235. The number of benzene rings is 2. The Balaban J connectivity index is 1.55. The standard InChI is InChI=1S/C17H16ClN5/c18-15-3-7-17(8-4-15)22-9-11-23(12-10-22)21-20-16-5-1-14(13-19)2-6-16/h1-8H,9-12H2/b21-20+. The molecule has 0 bridgehead atoms. The second kappa shape index (κ2) is 7.12. The van der Waals surface area contributed by atoms with Crippen LogP contribution in [0.15, 0.2) is 58.9 Å². The van der Waals surface area contributed by atoms with Gasteiger partial charge in [0.25, 0.3) is 0 Å². The first kappa shape index (κ1) is 15.3. The maximum atomic E-state index is 8.77. The van der Waals surface area contributed by atoms with Gasteiger partial charge in [-0.3, -0.25) is 5.01 Å². The van der Waals surface area contributed by atoms with Gasteiger partial charge < -0.3 is 4.90 Å². The lowest BCUT2D eigenvalue weighted by molar-refractivity contribution is 0.254. The molecule has 0 spiro atoms. The van der Waals surface area contributed by atoms with Gasteiger partial charge in [0.15, 0.2) is 0 Å². The van der Waals surface area contributed by atoms with Gasteiger partial charge in [0.1, 0.15) is 0 Å². The van der Waals surface area contributed by atoms with Crippen molar-refractivity contribution in [3.63, 3.8) is 0 Å². The van der Waals surface area contributed by atoms with Crippen LogP contribution in [0.3, 0.4) is 0 Å². The van der Waals surface area contributed by atoms with E-state index in [0.717, 1.165) is 36.9 Å². The first-order valence-electron chi connectivity index (χ1n) is 7.42. The SMILES string of the molecule is N#Cc1ccc(/N=N/N2CCN(c3ccc(Cl)cc3)CC2)cc1. The monoisotopic (exact) mass is 325 g/mol. The molecule has 0 saturated carbocycles. The summed E-state index contributed by atoms with van der Waals surface area (Å²) in [6, 6.07) is 17.1. The van der Waals surface area contributed by atoms with Crippen molar-refractivity contribution >= 4 is 23.0 Å². The average Bonchev–Trinajstić information content (AvgIpc) is 2.61. The predicted molar refractivity (Wildman–Crippen MR) is 90.9 cm³/mol. The fourth-order valence-electron chi connectivity index (χ4n) is 2.41. The van der Waals surface area contributed by atoms with Crippen molar-refractivity contribution in [1.82, 2.24) is 5.01 Å². The van der Waals surface area contributed by atoms with Crippen LogP contribution in [0.5, 0.6) is 0 Å². The summed E-state index contributed by atoms with van der Waals surface area (Å²) in [5, 5.41) is 20.0. The van der Waals surface area contributed by atoms with E-state index in [9.17, 15) is 0 Å². The van der Waals surface area contributed by atoms with Gasteiger partial charge in [0.2, 0.25) is 0 Å². The summed E-state index contributed by atoms with van der Waals surface area (Å²) in [6.45, 7) is 3.44. The van der Waals surface area contributed by atoms with Gasteiger partial charge in [-0.15, -0.1) is 5.11 Å². The molecule has 1 heterocycles. The van der Waals surface area contributed by atoms with Crippen LogP contribution < -0.4 is 4.90 Å². The molecule has 0 aliphatic carbocycles. The molecule has 0 unspecified atom stereocenters. The van der Waals surface area contributed by atoms with Crippen LogP contribution in [0.1, 0.15) is 5.56 Å². The molecule has 2 aromatic rings. The molecule has 0 radical (unpaired) electrons. The van der Waals surface area contributed by atoms with Crippen molar-refractivity contribution in [3.8, 4) is 6.07 Å². The summed E-state index contributed by atoms with van der Waals surface area (Å²) < 4.78 is 0. The normalized spacial score (nSPS) is 15.0. The quantitative estimate of drug-likeness (QED) is 0.800. The van der Waals surface area contributed by atoms with E-state index in [1.54, 1.807) is 24.3 Å². The van der Waals surface area contributed by atoms with E-state index < -0.39 is 0 Å². The lowest BCUT2D eigenvalue weighted by Crippen LogP contribution is -2.43. The third kappa shape index (κ3) is 3.99. The molecule has 1 fully saturated rings. The molecular formula is C17H16ClN5. The topological polar surface area (TPSA) is 55.0 Å². The molecule has 0 atom stereocenters. The fourth-order valence-corrected chi connectivity index (χ4v) is 2.54. The number of anilines is 1. The molecule has 0 aromatic heterocycles.